The fourth-order valence-corrected chi connectivity index (χ4v) is 5.32. The van der Waals surface area contributed by atoms with Crippen LogP contribution in [-0.2, 0) is 16.0 Å². The Balaban J connectivity index is 1.76. The van der Waals surface area contributed by atoms with Crippen LogP contribution in [0.15, 0.2) is 58.4 Å². The third kappa shape index (κ3) is 5.21. The number of hydrogen-bond acceptors (Lipinski definition) is 7. The van der Waals surface area contributed by atoms with Gasteiger partial charge in [-0.3, -0.25) is 14.0 Å². The van der Waals surface area contributed by atoms with Crippen molar-refractivity contribution in [2.24, 2.45) is 4.99 Å². The van der Waals surface area contributed by atoms with Crippen molar-refractivity contribution in [1.29, 1.82) is 0 Å². The first-order valence-electron chi connectivity index (χ1n) is 13.5. The molecule has 1 fully saturated rings. The number of hydrogen-bond donors (Lipinski definition) is 0. The molecular weight excluding hydrogens is 512 g/mol. The third-order valence-electron chi connectivity index (χ3n) is 7.20. The number of nitrogens with zero attached hydrogens (tertiary/aromatic N) is 4. The number of fused-ring (bicyclic) bond motifs is 2. The Bertz CT molecular complexity index is 1720. The molecule has 0 bridgehead atoms. The maximum Gasteiger partial charge on any atom is 0.341 e. The SMILES string of the molecule is CCOC(=O)c1cc2c(=O)n3ccccc3nc2n(C2CCCCC2)c1=NC(=O)Cc1ccc(OC)c(OC)c1. The minimum Gasteiger partial charge on any atom is -0.493 e. The van der Waals surface area contributed by atoms with Crippen molar-refractivity contribution in [2.75, 3.05) is 20.8 Å². The van der Waals surface area contributed by atoms with E-state index in [9.17, 15) is 14.4 Å². The van der Waals surface area contributed by atoms with Gasteiger partial charge in [0.15, 0.2) is 17.0 Å². The van der Waals surface area contributed by atoms with Crippen molar-refractivity contribution in [2.45, 2.75) is 51.5 Å². The lowest BCUT2D eigenvalue weighted by Gasteiger charge is -2.27. The molecule has 1 aliphatic rings. The molecule has 4 aromatic rings. The molecule has 3 aromatic heterocycles. The molecule has 0 radical (unpaired) electrons. The largest absolute Gasteiger partial charge is 0.493 e. The van der Waals surface area contributed by atoms with Gasteiger partial charge < -0.3 is 18.8 Å². The zero-order chi connectivity index (χ0) is 28.2. The number of benzene rings is 1. The monoisotopic (exact) mass is 544 g/mol. The van der Waals surface area contributed by atoms with E-state index in [2.05, 4.69) is 4.99 Å². The van der Waals surface area contributed by atoms with E-state index in [4.69, 9.17) is 19.2 Å². The second kappa shape index (κ2) is 11.7. The van der Waals surface area contributed by atoms with Gasteiger partial charge in [-0.2, -0.15) is 4.99 Å². The number of amides is 1. The van der Waals surface area contributed by atoms with E-state index in [0.29, 0.717) is 28.4 Å². The third-order valence-corrected chi connectivity index (χ3v) is 7.20. The highest BCUT2D eigenvalue weighted by molar-refractivity contribution is 5.94. The summed E-state index contributed by atoms with van der Waals surface area (Å²) in [5, 5.41) is 0.267. The molecule has 10 nitrogen and oxygen atoms in total. The summed E-state index contributed by atoms with van der Waals surface area (Å²) in [6.45, 7) is 1.84. The number of ether oxygens (including phenoxy) is 3. The molecule has 0 aliphatic heterocycles. The summed E-state index contributed by atoms with van der Waals surface area (Å²) < 4.78 is 19.3. The first kappa shape index (κ1) is 27.1. The molecule has 1 amide bonds. The van der Waals surface area contributed by atoms with E-state index in [0.717, 1.165) is 32.1 Å². The maximum absolute atomic E-state index is 13.6. The molecule has 0 unspecified atom stereocenters. The van der Waals surface area contributed by atoms with Gasteiger partial charge >= 0.3 is 5.97 Å². The van der Waals surface area contributed by atoms with E-state index < -0.39 is 11.9 Å². The van der Waals surface area contributed by atoms with Crippen LogP contribution >= 0.6 is 0 Å². The molecule has 1 aliphatic carbocycles. The summed E-state index contributed by atoms with van der Waals surface area (Å²) in [5.74, 6) is -0.0580. The summed E-state index contributed by atoms with van der Waals surface area (Å²) in [7, 11) is 3.07. The van der Waals surface area contributed by atoms with E-state index in [1.54, 1.807) is 50.6 Å². The van der Waals surface area contributed by atoms with Gasteiger partial charge in [-0.25, -0.2) is 9.78 Å². The highest BCUT2D eigenvalue weighted by Gasteiger charge is 2.25. The number of aromatic nitrogens is 3. The molecule has 10 heteroatoms. The van der Waals surface area contributed by atoms with Crippen LogP contribution in [-0.4, -0.2) is 46.7 Å². The van der Waals surface area contributed by atoms with Gasteiger partial charge in [0.05, 0.1) is 32.6 Å². The summed E-state index contributed by atoms with van der Waals surface area (Å²) in [5.41, 5.74) is 1.46. The molecule has 1 saturated carbocycles. The fourth-order valence-electron chi connectivity index (χ4n) is 5.32. The van der Waals surface area contributed by atoms with Gasteiger partial charge in [0.1, 0.15) is 16.9 Å². The summed E-state index contributed by atoms with van der Waals surface area (Å²) >= 11 is 0. The number of rotatable bonds is 7. The van der Waals surface area contributed by atoms with E-state index in [-0.39, 0.29) is 41.1 Å². The molecule has 3 heterocycles. The van der Waals surface area contributed by atoms with Crippen LogP contribution in [0.3, 0.4) is 0 Å². The number of carbonyl (C=O) groups is 2. The van der Waals surface area contributed by atoms with Crippen LogP contribution in [0.25, 0.3) is 16.7 Å². The van der Waals surface area contributed by atoms with Crippen molar-refractivity contribution < 1.29 is 23.8 Å². The van der Waals surface area contributed by atoms with Crippen molar-refractivity contribution in [3.63, 3.8) is 0 Å². The highest BCUT2D eigenvalue weighted by Crippen LogP contribution is 2.30. The lowest BCUT2D eigenvalue weighted by atomic mass is 9.94. The van der Waals surface area contributed by atoms with Crippen LogP contribution in [0.5, 0.6) is 11.5 Å². The summed E-state index contributed by atoms with van der Waals surface area (Å²) in [6, 6.07) is 11.9. The molecule has 0 saturated heterocycles. The maximum atomic E-state index is 13.6. The van der Waals surface area contributed by atoms with Crippen LogP contribution in [0.1, 0.15) is 61.0 Å². The predicted octanol–water partition coefficient (Wildman–Crippen LogP) is 4.02. The van der Waals surface area contributed by atoms with Crippen LogP contribution in [0.2, 0.25) is 0 Å². The molecule has 208 valence electrons. The Hall–Kier alpha value is -4.47. The second-order valence-corrected chi connectivity index (χ2v) is 9.72. The molecule has 0 atom stereocenters. The Morgan fingerprint density at radius 1 is 1.02 bits per heavy atom. The molecule has 0 spiro atoms. The smallest absolute Gasteiger partial charge is 0.341 e. The van der Waals surface area contributed by atoms with E-state index >= 15 is 0 Å². The van der Waals surface area contributed by atoms with Crippen LogP contribution in [0.4, 0.5) is 0 Å². The average Bonchev–Trinajstić information content (AvgIpc) is 2.97. The second-order valence-electron chi connectivity index (χ2n) is 9.72. The summed E-state index contributed by atoms with van der Waals surface area (Å²) in [6.07, 6.45) is 6.30. The van der Waals surface area contributed by atoms with Gasteiger partial charge in [-0.15, -0.1) is 0 Å². The van der Waals surface area contributed by atoms with Crippen molar-refractivity contribution in [3.05, 3.63) is 75.6 Å². The number of pyridine rings is 2. The number of methoxy groups -OCH3 is 2. The fraction of sp³-hybridized carbons (Fsp3) is 0.367. The van der Waals surface area contributed by atoms with Crippen molar-refractivity contribution >= 4 is 28.6 Å². The average molecular weight is 545 g/mol. The van der Waals surface area contributed by atoms with Gasteiger partial charge in [0, 0.05) is 12.2 Å². The Morgan fingerprint density at radius 3 is 2.52 bits per heavy atom. The van der Waals surface area contributed by atoms with Gasteiger partial charge in [-0.1, -0.05) is 31.4 Å². The molecule has 5 rings (SSSR count). The van der Waals surface area contributed by atoms with E-state index in [1.807, 2.05) is 10.6 Å². The zero-order valence-corrected chi connectivity index (χ0v) is 22.9. The lowest BCUT2D eigenvalue weighted by Crippen LogP contribution is -2.35. The summed E-state index contributed by atoms with van der Waals surface area (Å²) in [4.78, 5) is 49.6. The minimum absolute atomic E-state index is 0.0286. The predicted molar refractivity (Wildman–Crippen MR) is 149 cm³/mol. The topological polar surface area (TPSA) is 113 Å². The lowest BCUT2D eigenvalue weighted by molar-refractivity contribution is -0.117. The standard InChI is InChI=1S/C30H32N4O6/c1-4-40-30(37)22-18-21-27(31-25-12-8-9-15-33(25)29(21)36)34(20-10-6-5-7-11-20)28(22)32-26(35)17-19-13-14-23(38-2)24(16-19)39-3/h8-9,12-16,18,20H,4-7,10-11,17H2,1-3H3. The quantitative estimate of drug-likeness (QED) is 0.255. The Morgan fingerprint density at radius 2 is 1.80 bits per heavy atom. The van der Waals surface area contributed by atoms with Gasteiger partial charge in [0.25, 0.3) is 11.5 Å². The van der Waals surface area contributed by atoms with Crippen molar-refractivity contribution in [3.8, 4) is 11.5 Å². The van der Waals surface area contributed by atoms with Gasteiger partial charge in [-0.05, 0) is 55.7 Å². The Labute approximate surface area is 230 Å². The number of esters is 1. The van der Waals surface area contributed by atoms with Crippen LogP contribution in [0, 0.1) is 0 Å². The van der Waals surface area contributed by atoms with Crippen LogP contribution < -0.4 is 20.5 Å². The molecule has 1 aromatic carbocycles. The van der Waals surface area contributed by atoms with Gasteiger partial charge in [0.2, 0.25) is 0 Å². The first-order valence-corrected chi connectivity index (χ1v) is 13.5. The van der Waals surface area contributed by atoms with Crippen molar-refractivity contribution in [1.82, 2.24) is 14.0 Å². The Kier molecular flexibility index (Phi) is 7.95. The first-order chi connectivity index (χ1) is 19.4. The number of carbonyl (C=O) groups excluding carboxylic acids is 2. The zero-order valence-electron chi connectivity index (χ0n) is 22.9. The highest BCUT2D eigenvalue weighted by atomic mass is 16.5. The minimum atomic E-state index is -0.649. The normalized spacial score (nSPS) is 14.4. The molecular formula is C30H32N4O6. The molecule has 40 heavy (non-hydrogen) atoms. The molecule has 0 N–H and O–H groups in total. The van der Waals surface area contributed by atoms with E-state index in [1.165, 1.54) is 17.6 Å².